The number of esters is 1. The molecule has 3 heteroatoms. The molecule has 0 saturated heterocycles. The van der Waals surface area contributed by atoms with E-state index < -0.39 is 0 Å². The lowest BCUT2D eigenvalue weighted by atomic mass is 10.00. The molecule has 0 fully saturated rings. The van der Waals surface area contributed by atoms with Crippen LogP contribution in [0.25, 0.3) is 0 Å². The van der Waals surface area contributed by atoms with Crippen LogP contribution in [-0.4, -0.2) is 12.1 Å². The maximum atomic E-state index is 12.3. The first-order valence-corrected chi connectivity index (χ1v) is 8.71. The molecule has 1 unspecified atom stereocenters. The number of carbonyl (C=O) groups is 1. The highest BCUT2D eigenvalue weighted by molar-refractivity contribution is 8.04. The molecule has 0 spiro atoms. The molecule has 2 aromatic rings. The van der Waals surface area contributed by atoms with Gasteiger partial charge in [-0.05, 0) is 43.0 Å². The maximum Gasteiger partial charge on any atom is 0.345 e. The Bertz CT molecular complexity index is 692. The molecular formula is C20H20O2S. The molecule has 1 atom stereocenters. The number of carbonyl (C=O) groups excluding carboxylic acids is 1. The zero-order valence-corrected chi connectivity index (χ0v) is 14.0. The molecule has 0 radical (unpaired) electrons. The minimum absolute atomic E-state index is 0.0113. The predicted molar refractivity (Wildman–Crippen MR) is 94.3 cm³/mol. The Hall–Kier alpha value is -2.00. The number of rotatable bonds is 5. The highest BCUT2D eigenvalue weighted by atomic mass is 32.2. The van der Waals surface area contributed by atoms with Crippen LogP contribution in [0.2, 0.25) is 0 Å². The van der Waals surface area contributed by atoms with E-state index in [-0.39, 0.29) is 12.1 Å². The molecule has 0 bridgehead atoms. The van der Waals surface area contributed by atoms with E-state index in [2.05, 4.69) is 12.1 Å². The summed E-state index contributed by atoms with van der Waals surface area (Å²) in [6, 6.07) is 20.3. The predicted octanol–water partition coefficient (Wildman–Crippen LogP) is 5.00. The standard InChI is InChI=1S/C20H20O2S/c1-15-14-17(13-12-16-8-4-2-5-9-16)22-20(21)19(15)23-18-10-6-3-7-11-18/h2-11,17H,12-14H2,1H3. The van der Waals surface area contributed by atoms with E-state index in [1.54, 1.807) is 0 Å². The second-order valence-electron chi connectivity index (χ2n) is 5.78. The van der Waals surface area contributed by atoms with Crippen molar-refractivity contribution < 1.29 is 9.53 Å². The summed E-state index contributed by atoms with van der Waals surface area (Å²) in [5.41, 5.74) is 2.42. The van der Waals surface area contributed by atoms with Crippen molar-refractivity contribution in [1.82, 2.24) is 0 Å². The Balaban J connectivity index is 1.63. The Morgan fingerprint density at radius 2 is 1.70 bits per heavy atom. The van der Waals surface area contributed by atoms with Gasteiger partial charge < -0.3 is 4.74 Å². The fraction of sp³-hybridized carbons (Fsp3) is 0.250. The first-order valence-electron chi connectivity index (χ1n) is 7.90. The Morgan fingerprint density at radius 3 is 2.35 bits per heavy atom. The van der Waals surface area contributed by atoms with E-state index in [0.29, 0.717) is 0 Å². The largest absolute Gasteiger partial charge is 0.458 e. The molecule has 1 aliphatic heterocycles. The Morgan fingerprint density at radius 1 is 1.04 bits per heavy atom. The van der Waals surface area contributed by atoms with Gasteiger partial charge in [-0.1, -0.05) is 60.3 Å². The maximum absolute atomic E-state index is 12.3. The lowest BCUT2D eigenvalue weighted by Crippen LogP contribution is -2.25. The van der Waals surface area contributed by atoms with Gasteiger partial charge in [-0.3, -0.25) is 0 Å². The lowest BCUT2D eigenvalue weighted by molar-refractivity contribution is -0.145. The monoisotopic (exact) mass is 324 g/mol. The minimum atomic E-state index is -0.180. The highest BCUT2D eigenvalue weighted by Crippen LogP contribution is 2.35. The van der Waals surface area contributed by atoms with Crippen molar-refractivity contribution >= 4 is 17.7 Å². The molecule has 1 aliphatic rings. The van der Waals surface area contributed by atoms with E-state index in [9.17, 15) is 4.79 Å². The summed E-state index contributed by atoms with van der Waals surface area (Å²) in [6.07, 6.45) is 2.62. The van der Waals surface area contributed by atoms with E-state index in [1.165, 1.54) is 17.3 Å². The van der Waals surface area contributed by atoms with Crippen molar-refractivity contribution in [3.8, 4) is 0 Å². The Kier molecular flexibility index (Phi) is 5.19. The fourth-order valence-electron chi connectivity index (χ4n) is 2.72. The van der Waals surface area contributed by atoms with Gasteiger partial charge in [0.2, 0.25) is 0 Å². The molecule has 0 aliphatic carbocycles. The number of hydrogen-bond donors (Lipinski definition) is 0. The van der Waals surface area contributed by atoms with E-state index >= 15 is 0 Å². The van der Waals surface area contributed by atoms with Crippen LogP contribution in [0.15, 0.2) is 76.0 Å². The summed E-state index contributed by atoms with van der Waals surface area (Å²) in [4.78, 5) is 14.1. The second-order valence-corrected chi connectivity index (χ2v) is 6.86. The molecule has 118 valence electrons. The van der Waals surface area contributed by atoms with Crippen LogP contribution in [-0.2, 0) is 16.0 Å². The van der Waals surface area contributed by atoms with Gasteiger partial charge in [-0.15, -0.1) is 0 Å². The molecule has 2 aromatic carbocycles. The number of cyclic esters (lactones) is 1. The van der Waals surface area contributed by atoms with Gasteiger partial charge >= 0.3 is 5.97 Å². The van der Waals surface area contributed by atoms with Crippen LogP contribution in [0.5, 0.6) is 0 Å². The van der Waals surface area contributed by atoms with Crippen molar-refractivity contribution in [2.45, 2.75) is 37.2 Å². The topological polar surface area (TPSA) is 26.3 Å². The van der Waals surface area contributed by atoms with Gasteiger partial charge in [0.1, 0.15) is 6.10 Å². The molecule has 0 aromatic heterocycles. The molecule has 1 heterocycles. The van der Waals surface area contributed by atoms with Gasteiger partial charge in [0, 0.05) is 11.3 Å². The number of benzene rings is 2. The molecule has 0 N–H and O–H groups in total. The summed E-state index contributed by atoms with van der Waals surface area (Å²) in [6.45, 7) is 2.04. The van der Waals surface area contributed by atoms with E-state index in [4.69, 9.17) is 4.74 Å². The van der Waals surface area contributed by atoms with E-state index in [0.717, 1.165) is 34.6 Å². The lowest BCUT2D eigenvalue weighted by Gasteiger charge is -2.25. The molecule has 0 amide bonds. The number of ether oxygens (including phenoxy) is 1. The van der Waals surface area contributed by atoms with Crippen molar-refractivity contribution in [1.29, 1.82) is 0 Å². The third kappa shape index (κ3) is 4.26. The van der Waals surface area contributed by atoms with Gasteiger partial charge in [0.05, 0.1) is 4.91 Å². The van der Waals surface area contributed by atoms with E-state index in [1.807, 2.05) is 55.5 Å². The van der Waals surface area contributed by atoms with Gasteiger partial charge in [0.15, 0.2) is 0 Å². The first kappa shape index (κ1) is 15.9. The van der Waals surface area contributed by atoms with Gasteiger partial charge in [-0.2, -0.15) is 0 Å². The zero-order valence-electron chi connectivity index (χ0n) is 13.2. The highest BCUT2D eigenvalue weighted by Gasteiger charge is 2.27. The summed E-state index contributed by atoms with van der Waals surface area (Å²) in [5, 5.41) is 0. The number of thioether (sulfide) groups is 1. The van der Waals surface area contributed by atoms with Crippen molar-refractivity contribution in [3.05, 3.63) is 76.7 Å². The summed E-state index contributed by atoms with van der Waals surface area (Å²) in [5.74, 6) is -0.180. The average molecular weight is 324 g/mol. The van der Waals surface area contributed by atoms with Crippen LogP contribution >= 0.6 is 11.8 Å². The molecular weight excluding hydrogens is 304 g/mol. The van der Waals surface area contributed by atoms with Crippen molar-refractivity contribution in [2.75, 3.05) is 0 Å². The van der Waals surface area contributed by atoms with Crippen LogP contribution < -0.4 is 0 Å². The molecule has 3 rings (SSSR count). The first-order chi connectivity index (χ1) is 11.2. The smallest absolute Gasteiger partial charge is 0.345 e. The average Bonchev–Trinajstić information content (AvgIpc) is 2.58. The third-order valence-corrected chi connectivity index (χ3v) is 5.17. The summed E-state index contributed by atoms with van der Waals surface area (Å²) in [7, 11) is 0. The van der Waals surface area contributed by atoms with Crippen LogP contribution in [0.1, 0.15) is 25.3 Å². The molecule has 23 heavy (non-hydrogen) atoms. The zero-order chi connectivity index (χ0) is 16.1. The number of aryl methyl sites for hydroxylation is 1. The molecule has 0 saturated carbocycles. The quantitative estimate of drug-likeness (QED) is 0.724. The SMILES string of the molecule is CC1=C(Sc2ccccc2)C(=O)OC(CCc2ccccc2)C1. The Labute approximate surface area is 141 Å². The second kappa shape index (κ2) is 7.51. The third-order valence-electron chi connectivity index (χ3n) is 3.94. The van der Waals surface area contributed by atoms with Gasteiger partial charge in [0.25, 0.3) is 0 Å². The van der Waals surface area contributed by atoms with Crippen molar-refractivity contribution in [2.24, 2.45) is 0 Å². The number of hydrogen-bond acceptors (Lipinski definition) is 3. The van der Waals surface area contributed by atoms with Crippen LogP contribution in [0.4, 0.5) is 0 Å². The van der Waals surface area contributed by atoms with Crippen LogP contribution in [0.3, 0.4) is 0 Å². The minimum Gasteiger partial charge on any atom is -0.458 e. The summed E-state index contributed by atoms with van der Waals surface area (Å²) >= 11 is 1.50. The molecule has 2 nitrogen and oxygen atoms in total. The van der Waals surface area contributed by atoms with Gasteiger partial charge in [-0.25, -0.2) is 4.79 Å². The normalized spacial score (nSPS) is 18.0. The summed E-state index contributed by atoms with van der Waals surface area (Å²) < 4.78 is 5.65. The van der Waals surface area contributed by atoms with Crippen molar-refractivity contribution in [3.63, 3.8) is 0 Å². The van der Waals surface area contributed by atoms with Crippen LogP contribution in [0, 0.1) is 0 Å². The fourth-order valence-corrected chi connectivity index (χ4v) is 3.64.